The zero-order valence-corrected chi connectivity index (χ0v) is 24.7. The molecule has 0 radical (unpaired) electrons. The number of aliphatic hydroxyl groups is 1. The number of amides is 2. The van der Waals surface area contributed by atoms with Crippen molar-refractivity contribution >= 4 is 35.6 Å². The first-order valence-electron chi connectivity index (χ1n) is 13.3. The molecule has 3 unspecified atom stereocenters. The van der Waals surface area contributed by atoms with Gasteiger partial charge in [-0.3, -0.25) is 14.4 Å². The molecule has 2 aromatic rings. The summed E-state index contributed by atoms with van der Waals surface area (Å²) in [4.78, 5) is 39.4. The molecule has 0 saturated heterocycles. The number of aliphatic hydroxyl groups excluding tert-OH is 1. The van der Waals surface area contributed by atoms with Gasteiger partial charge in [0, 0.05) is 40.4 Å². The van der Waals surface area contributed by atoms with Crippen LogP contribution in [0.1, 0.15) is 77.0 Å². The lowest BCUT2D eigenvalue weighted by Crippen LogP contribution is -2.46. The smallest absolute Gasteiger partial charge is 0.308 e. The van der Waals surface area contributed by atoms with Crippen molar-refractivity contribution in [3.05, 3.63) is 64.2 Å². The van der Waals surface area contributed by atoms with E-state index >= 15 is 0 Å². The van der Waals surface area contributed by atoms with Gasteiger partial charge in [-0.2, -0.15) is 0 Å². The number of carbonyl (C=O) groups is 3. The van der Waals surface area contributed by atoms with Gasteiger partial charge in [-0.1, -0.05) is 43.6 Å². The first-order valence-corrected chi connectivity index (χ1v) is 13.7. The van der Waals surface area contributed by atoms with Crippen molar-refractivity contribution in [2.45, 2.75) is 72.0 Å². The molecular formula is C30H39ClN2O7. The minimum absolute atomic E-state index is 0.159. The minimum atomic E-state index is -1.16. The summed E-state index contributed by atoms with van der Waals surface area (Å²) >= 11 is 6.44. The van der Waals surface area contributed by atoms with E-state index in [0.29, 0.717) is 33.8 Å². The quantitative estimate of drug-likeness (QED) is 0.227. The highest BCUT2D eigenvalue weighted by Crippen LogP contribution is 2.41. The molecule has 0 fully saturated rings. The molecule has 10 heteroatoms. The number of anilines is 1. The molecule has 1 aliphatic rings. The van der Waals surface area contributed by atoms with Crippen molar-refractivity contribution < 1.29 is 33.7 Å². The number of halogens is 1. The fourth-order valence-electron chi connectivity index (χ4n) is 4.47. The van der Waals surface area contributed by atoms with Crippen molar-refractivity contribution in [1.82, 2.24) is 5.32 Å². The van der Waals surface area contributed by atoms with Gasteiger partial charge >= 0.3 is 5.97 Å². The molecule has 0 aliphatic carbocycles. The number of hydrogen-bond acceptors (Lipinski definition) is 7. The average molecular weight is 575 g/mol. The van der Waals surface area contributed by atoms with Crippen LogP contribution in [-0.4, -0.2) is 54.9 Å². The van der Waals surface area contributed by atoms with Crippen molar-refractivity contribution in [3.63, 3.8) is 0 Å². The summed E-state index contributed by atoms with van der Waals surface area (Å²) in [6, 6.07) is 12.5. The van der Waals surface area contributed by atoms with Crippen LogP contribution in [0, 0.1) is 5.41 Å². The van der Waals surface area contributed by atoms with Crippen LogP contribution >= 0.6 is 11.6 Å². The zero-order chi connectivity index (χ0) is 29.7. The fraction of sp³-hybridized carbons (Fsp3) is 0.500. The lowest BCUT2D eigenvalue weighted by Gasteiger charge is -2.32. The summed E-state index contributed by atoms with van der Waals surface area (Å²) in [5, 5.41) is 13.1. The third kappa shape index (κ3) is 8.04. The van der Waals surface area contributed by atoms with E-state index in [1.54, 1.807) is 30.0 Å². The maximum Gasteiger partial charge on any atom is 0.308 e. The van der Waals surface area contributed by atoms with Crippen molar-refractivity contribution in [2.24, 2.45) is 5.41 Å². The van der Waals surface area contributed by atoms with E-state index < -0.39 is 41.3 Å². The number of carbonyl (C=O) groups excluding carboxylic acids is 3. The number of rotatable bonds is 11. The van der Waals surface area contributed by atoms with E-state index in [2.05, 4.69) is 5.32 Å². The number of ether oxygens (including phenoxy) is 3. The van der Waals surface area contributed by atoms with Crippen LogP contribution in [0.3, 0.4) is 0 Å². The number of hydrogen-bond donors (Lipinski definition) is 2. The lowest BCUT2D eigenvalue weighted by molar-refractivity contribution is -0.151. The van der Waals surface area contributed by atoms with Crippen LogP contribution in [0.15, 0.2) is 42.5 Å². The van der Waals surface area contributed by atoms with E-state index in [1.165, 1.54) is 0 Å². The normalized spacial score (nSPS) is 18.5. The number of nitrogens with zero attached hydrogens (tertiary/aromatic N) is 1. The average Bonchev–Trinajstić information content (AvgIpc) is 2.98. The Labute approximate surface area is 240 Å². The number of esters is 1. The molecule has 2 aromatic carbocycles. The van der Waals surface area contributed by atoms with E-state index in [0.717, 1.165) is 0 Å². The van der Waals surface area contributed by atoms with Crippen LogP contribution in [0.5, 0.6) is 0 Å². The number of benzene rings is 2. The Morgan fingerprint density at radius 1 is 1.20 bits per heavy atom. The third-order valence-corrected chi connectivity index (χ3v) is 6.52. The molecule has 0 bridgehead atoms. The topological polar surface area (TPSA) is 114 Å². The first kappa shape index (κ1) is 31.5. The highest BCUT2D eigenvalue weighted by Gasteiger charge is 2.40. The molecule has 0 spiro atoms. The molecule has 2 amide bonds. The van der Waals surface area contributed by atoms with Crippen LogP contribution < -0.4 is 10.2 Å². The second kappa shape index (κ2) is 13.1. The Hall–Kier alpha value is -2.98. The molecular weight excluding hydrogens is 536 g/mol. The second-order valence-corrected chi connectivity index (χ2v) is 12.0. The Morgan fingerprint density at radius 3 is 2.55 bits per heavy atom. The summed E-state index contributed by atoms with van der Waals surface area (Å²) in [7, 11) is 0. The van der Waals surface area contributed by atoms with Gasteiger partial charge in [0.15, 0.2) is 6.23 Å². The largest absolute Gasteiger partial charge is 0.466 e. The maximum atomic E-state index is 13.9. The number of nitrogens with one attached hydrogen (secondary N) is 1. The molecule has 40 heavy (non-hydrogen) atoms. The Balaban J connectivity index is 2.17. The Morgan fingerprint density at radius 2 is 1.93 bits per heavy atom. The highest BCUT2D eigenvalue weighted by molar-refractivity contribution is 6.30. The molecule has 218 valence electrons. The summed E-state index contributed by atoms with van der Waals surface area (Å²) in [5.74, 6) is -0.985. The van der Waals surface area contributed by atoms with Crippen molar-refractivity contribution in [3.8, 4) is 0 Å². The van der Waals surface area contributed by atoms with E-state index in [-0.39, 0.29) is 26.2 Å². The van der Waals surface area contributed by atoms with Crippen molar-refractivity contribution in [2.75, 3.05) is 24.7 Å². The number of fused-ring (bicyclic) bond motifs is 1. The van der Waals surface area contributed by atoms with Gasteiger partial charge in [0.2, 0.25) is 6.41 Å². The first-order chi connectivity index (χ1) is 18.8. The van der Waals surface area contributed by atoms with Gasteiger partial charge in [-0.05, 0) is 57.5 Å². The SMILES string of the molecule is CCOC(=O)CC1OC(c2cccc(C(NC=O)OC(C)(C)C)c2)c2cc(Cl)ccc2N(CC(C)(C)CO)C1=O. The van der Waals surface area contributed by atoms with Gasteiger partial charge in [-0.25, -0.2) is 0 Å². The minimum Gasteiger partial charge on any atom is -0.466 e. The van der Waals surface area contributed by atoms with Crippen LogP contribution in [0.25, 0.3) is 0 Å². The molecule has 1 aliphatic heterocycles. The van der Waals surface area contributed by atoms with Crippen LogP contribution in [-0.2, 0) is 28.6 Å². The Bertz CT molecular complexity index is 1210. The summed E-state index contributed by atoms with van der Waals surface area (Å²) < 4.78 is 17.7. The lowest BCUT2D eigenvalue weighted by atomic mass is 9.92. The van der Waals surface area contributed by atoms with Crippen LogP contribution in [0.2, 0.25) is 5.02 Å². The Kier molecular flexibility index (Phi) is 10.3. The van der Waals surface area contributed by atoms with E-state index in [1.807, 2.05) is 58.9 Å². The molecule has 1 heterocycles. The van der Waals surface area contributed by atoms with Gasteiger partial charge in [-0.15, -0.1) is 0 Å². The van der Waals surface area contributed by atoms with E-state index in [9.17, 15) is 19.5 Å². The van der Waals surface area contributed by atoms with Gasteiger partial charge in [0.1, 0.15) is 12.2 Å². The summed E-state index contributed by atoms with van der Waals surface area (Å²) in [6.07, 6.45) is -2.41. The van der Waals surface area contributed by atoms with Gasteiger partial charge < -0.3 is 29.5 Å². The summed E-state index contributed by atoms with van der Waals surface area (Å²) in [6.45, 7) is 11.2. The fourth-order valence-corrected chi connectivity index (χ4v) is 4.65. The maximum absolute atomic E-state index is 13.9. The monoisotopic (exact) mass is 574 g/mol. The third-order valence-electron chi connectivity index (χ3n) is 6.28. The summed E-state index contributed by atoms with van der Waals surface area (Å²) in [5.41, 5.74) is 1.33. The standard InChI is InChI=1S/C30H39ClN2O7/c1-7-38-25(36)15-24-28(37)33(16-30(5,6)17-34)23-12-11-21(31)14-22(23)26(39-24)19-9-8-10-20(13-19)27(32-18-35)40-29(2,3)4/h8-14,18,24,26-27,34H,7,15-17H2,1-6H3,(H,32,35). The van der Waals surface area contributed by atoms with Gasteiger partial charge in [0.05, 0.1) is 18.6 Å². The molecule has 0 saturated carbocycles. The second-order valence-electron chi connectivity index (χ2n) is 11.5. The molecule has 3 atom stereocenters. The molecule has 0 aromatic heterocycles. The van der Waals surface area contributed by atoms with Gasteiger partial charge in [0.25, 0.3) is 5.91 Å². The van der Waals surface area contributed by atoms with E-state index in [4.69, 9.17) is 25.8 Å². The molecule has 2 N–H and O–H groups in total. The highest BCUT2D eigenvalue weighted by atomic mass is 35.5. The zero-order valence-electron chi connectivity index (χ0n) is 23.9. The molecule has 3 rings (SSSR count). The van der Waals surface area contributed by atoms with Crippen molar-refractivity contribution in [1.29, 1.82) is 0 Å². The van der Waals surface area contributed by atoms with Crippen LogP contribution in [0.4, 0.5) is 5.69 Å². The predicted octanol–water partition coefficient (Wildman–Crippen LogP) is 4.69. The predicted molar refractivity (Wildman–Crippen MR) is 152 cm³/mol. The molecule has 9 nitrogen and oxygen atoms in total.